The van der Waals surface area contributed by atoms with Gasteiger partial charge in [0.2, 0.25) is 0 Å². The Hall–Kier alpha value is -3.02. The molecule has 6 heteroatoms. The molecular weight excluding hydrogens is 428 g/mol. The van der Waals surface area contributed by atoms with Crippen molar-refractivity contribution in [1.29, 1.82) is 0 Å². The average molecular weight is 463 g/mol. The van der Waals surface area contributed by atoms with E-state index >= 15 is 0 Å². The molecule has 0 aromatic heterocycles. The molecule has 2 heterocycles. The number of imide groups is 2. The van der Waals surface area contributed by atoms with Gasteiger partial charge < -0.3 is 0 Å². The zero-order valence-electron chi connectivity index (χ0n) is 20.3. The molecule has 6 nitrogen and oxygen atoms in total. The lowest BCUT2D eigenvalue weighted by molar-refractivity contribution is 0.0586. The first-order chi connectivity index (χ1) is 16.5. The fourth-order valence-electron chi connectivity index (χ4n) is 5.13. The second kappa shape index (κ2) is 10.5. The van der Waals surface area contributed by atoms with Crippen molar-refractivity contribution >= 4 is 34.4 Å². The molecule has 2 aromatic carbocycles. The number of amides is 4. The molecule has 2 aliphatic rings. The summed E-state index contributed by atoms with van der Waals surface area (Å²) >= 11 is 0. The molecule has 180 valence electrons. The maximum atomic E-state index is 13.2. The van der Waals surface area contributed by atoms with E-state index in [9.17, 15) is 19.2 Å². The Bertz CT molecular complexity index is 978. The van der Waals surface area contributed by atoms with E-state index in [2.05, 4.69) is 13.8 Å². The van der Waals surface area contributed by atoms with Gasteiger partial charge in [-0.25, -0.2) is 0 Å². The first-order valence-corrected chi connectivity index (χ1v) is 12.8. The Morgan fingerprint density at radius 1 is 0.471 bits per heavy atom. The summed E-state index contributed by atoms with van der Waals surface area (Å²) in [6.07, 6.45) is 10.2. The Morgan fingerprint density at radius 3 is 1.06 bits per heavy atom. The summed E-state index contributed by atoms with van der Waals surface area (Å²) in [6.45, 7) is 5.06. The van der Waals surface area contributed by atoms with E-state index < -0.39 is 0 Å². The molecular formula is C28H34N2O4. The van der Waals surface area contributed by atoms with Crippen LogP contribution in [0.2, 0.25) is 0 Å². The van der Waals surface area contributed by atoms with Crippen LogP contribution in [0.5, 0.6) is 0 Å². The fourth-order valence-corrected chi connectivity index (χ4v) is 5.13. The molecule has 2 aromatic rings. The molecule has 0 atom stereocenters. The maximum Gasteiger partial charge on any atom is 0.261 e. The first-order valence-electron chi connectivity index (χ1n) is 12.8. The van der Waals surface area contributed by atoms with Crippen molar-refractivity contribution in [2.75, 3.05) is 13.1 Å². The molecule has 0 radical (unpaired) electrons. The number of hydrogen-bond donors (Lipinski definition) is 0. The van der Waals surface area contributed by atoms with E-state index in [1.54, 1.807) is 24.3 Å². The Labute approximate surface area is 201 Å². The van der Waals surface area contributed by atoms with E-state index in [-0.39, 0.29) is 23.6 Å². The number of carbonyl (C=O) groups is 4. The second-order valence-corrected chi connectivity index (χ2v) is 9.42. The highest BCUT2D eigenvalue weighted by Crippen LogP contribution is 2.38. The highest BCUT2D eigenvalue weighted by Gasteiger charge is 2.39. The normalized spacial score (nSPS) is 15.1. The lowest BCUT2D eigenvalue weighted by Gasteiger charge is -2.32. The van der Waals surface area contributed by atoms with Crippen LogP contribution in [0.25, 0.3) is 10.8 Å². The van der Waals surface area contributed by atoms with E-state index in [1.165, 1.54) is 9.80 Å². The van der Waals surface area contributed by atoms with Crippen LogP contribution < -0.4 is 0 Å². The third-order valence-corrected chi connectivity index (χ3v) is 7.03. The van der Waals surface area contributed by atoms with Gasteiger partial charge in [0.1, 0.15) is 0 Å². The fraction of sp³-hybridized carbons (Fsp3) is 0.500. The molecule has 0 N–H and O–H groups in total. The molecule has 0 unspecified atom stereocenters. The van der Waals surface area contributed by atoms with Crippen molar-refractivity contribution in [2.45, 2.75) is 78.1 Å². The molecule has 0 aliphatic carbocycles. The largest absolute Gasteiger partial charge is 0.274 e. The van der Waals surface area contributed by atoms with Crippen molar-refractivity contribution in [3.8, 4) is 0 Å². The van der Waals surface area contributed by atoms with Crippen LogP contribution in [0.15, 0.2) is 24.3 Å². The number of unbranched alkanes of at least 4 members (excludes halogenated alkanes) is 8. The summed E-state index contributed by atoms with van der Waals surface area (Å²) in [5.74, 6) is -1.35. The van der Waals surface area contributed by atoms with E-state index in [0.717, 1.165) is 64.2 Å². The third kappa shape index (κ3) is 4.26. The van der Waals surface area contributed by atoms with Crippen LogP contribution >= 0.6 is 0 Å². The number of rotatable bonds is 12. The molecule has 0 spiro atoms. The molecule has 4 amide bonds. The van der Waals surface area contributed by atoms with Crippen molar-refractivity contribution in [3.05, 3.63) is 46.5 Å². The second-order valence-electron chi connectivity index (χ2n) is 9.42. The van der Waals surface area contributed by atoms with Gasteiger partial charge >= 0.3 is 0 Å². The van der Waals surface area contributed by atoms with Crippen molar-refractivity contribution < 1.29 is 19.2 Å². The monoisotopic (exact) mass is 462 g/mol. The highest BCUT2D eigenvalue weighted by atomic mass is 16.2. The summed E-state index contributed by atoms with van der Waals surface area (Å²) in [5, 5.41) is 0.910. The zero-order valence-corrected chi connectivity index (χ0v) is 20.3. The minimum Gasteiger partial charge on any atom is -0.274 e. The van der Waals surface area contributed by atoms with Crippen molar-refractivity contribution in [1.82, 2.24) is 9.80 Å². The SMILES string of the molecule is CCCCCCCN1C(=O)c2ccc3c4c(ccc(c24)C1=O)C(=O)N(CCCCCCC)C3=O. The predicted molar refractivity (Wildman–Crippen MR) is 132 cm³/mol. The lowest BCUT2D eigenvalue weighted by atomic mass is 9.86. The van der Waals surface area contributed by atoms with Crippen LogP contribution in [0.4, 0.5) is 0 Å². The summed E-state index contributed by atoms with van der Waals surface area (Å²) < 4.78 is 0. The minimum atomic E-state index is -0.338. The number of benzene rings is 2. The van der Waals surface area contributed by atoms with Gasteiger partial charge in [0.25, 0.3) is 23.6 Å². The number of carbonyl (C=O) groups excluding carboxylic acids is 4. The van der Waals surface area contributed by atoms with E-state index in [0.29, 0.717) is 46.1 Å². The average Bonchev–Trinajstić information content (AvgIpc) is 2.84. The molecule has 4 rings (SSSR count). The van der Waals surface area contributed by atoms with Crippen LogP contribution in [0, 0.1) is 0 Å². The minimum absolute atomic E-state index is 0.338. The zero-order chi connectivity index (χ0) is 24.2. The van der Waals surface area contributed by atoms with Gasteiger partial charge in [-0.2, -0.15) is 0 Å². The van der Waals surface area contributed by atoms with E-state index in [4.69, 9.17) is 0 Å². The summed E-state index contributed by atoms with van der Waals surface area (Å²) in [4.78, 5) is 55.6. The standard InChI is InChI=1S/C28H34N2O4/c1-3-5-7-9-11-17-29-25(31)19-13-15-21-24-22(16-14-20(23(19)24)26(29)32)28(34)30(27(21)33)18-12-10-8-6-4-2/h13-16H,3-12,17-18H2,1-2H3. The molecule has 2 aliphatic heterocycles. The molecule has 0 saturated carbocycles. The van der Waals surface area contributed by atoms with Crippen LogP contribution in [0.3, 0.4) is 0 Å². The highest BCUT2D eigenvalue weighted by molar-refractivity contribution is 6.33. The van der Waals surface area contributed by atoms with Crippen LogP contribution in [-0.4, -0.2) is 46.5 Å². The summed E-state index contributed by atoms with van der Waals surface area (Å²) in [6, 6.07) is 6.60. The molecule has 0 saturated heterocycles. The summed E-state index contributed by atoms with van der Waals surface area (Å²) in [7, 11) is 0. The van der Waals surface area contributed by atoms with Crippen molar-refractivity contribution in [3.63, 3.8) is 0 Å². The number of hydrogen-bond acceptors (Lipinski definition) is 4. The third-order valence-electron chi connectivity index (χ3n) is 7.03. The molecule has 34 heavy (non-hydrogen) atoms. The quantitative estimate of drug-likeness (QED) is 0.288. The predicted octanol–water partition coefficient (Wildman–Crippen LogP) is 5.97. The van der Waals surface area contributed by atoms with Gasteiger partial charge in [0, 0.05) is 46.1 Å². The topological polar surface area (TPSA) is 74.8 Å². The van der Waals surface area contributed by atoms with Gasteiger partial charge in [-0.15, -0.1) is 0 Å². The lowest BCUT2D eigenvalue weighted by Crippen LogP contribution is -2.43. The first kappa shape index (κ1) is 24.1. The van der Waals surface area contributed by atoms with Gasteiger partial charge in [0.15, 0.2) is 0 Å². The van der Waals surface area contributed by atoms with Gasteiger partial charge in [-0.3, -0.25) is 29.0 Å². The molecule has 0 fully saturated rings. The summed E-state index contributed by atoms with van der Waals surface area (Å²) in [5.41, 5.74) is 1.60. The number of nitrogens with zero attached hydrogens (tertiary/aromatic N) is 2. The van der Waals surface area contributed by atoms with Gasteiger partial charge in [0.05, 0.1) is 0 Å². The van der Waals surface area contributed by atoms with Gasteiger partial charge in [-0.1, -0.05) is 65.2 Å². The Morgan fingerprint density at radius 2 is 0.765 bits per heavy atom. The van der Waals surface area contributed by atoms with Gasteiger partial charge in [-0.05, 0) is 37.1 Å². The Balaban J connectivity index is 1.62. The Kier molecular flexibility index (Phi) is 7.44. The van der Waals surface area contributed by atoms with E-state index in [1.807, 2.05) is 0 Å². The maximum absolute atomic E-state index is 13.2. The van der Waals surface area contributed by atoms with Crippen LogP contribution in [-0.2, 0) is 0 Å². The molecule has 0 bridgehead atoms. The van der Waals surface area contributed by atoms with Crippen molar-refractivity contribution in [2.24, 2.45) is 0 Å². The van der Waals surface area contributed by atoms with Crippen LogP contribution in [0.1, 0.15) is 119 Å². The smallest absolute Gasteiger partial charge is 0.261 e.